The van der Waals surface area contributed by atoms with Gasteiger partial charge in [0.05, 0.1) is 11.0 Å². The van der Waals surface area contributed by atoms with Crippen LogP contribution < -0.4 is 5.32 Å². The Balaban J connectivity index is 2.11. The number of furan rings is 1. The molecule has 2 rings (SSSR count). The maximum Gasteiger partial charge on any atom is 0.148 e. The van der Waals surface area contributed by atoms with Gasteiger partial charge in [0, 0.05) is 18.5 Å². The normalized spacial score (nSPS) is 11.5. The molecule has 0 aliphatic carbocycles. The monoisotopic (exact) mass is 296 g/mol. The molecule has 1 heterocycles. The zero-order valence-corrected chi connectivity index (χ0v) is 11.8. The van der Waals surface area contributed by atoms with Gasteiger partial charge in [0.15, 0.2) is 0 Å². The van der Waals surface area contributed by atoms with Crippen molar-refractivity contribution in [1.29, 1.82) is 0 Å². The SMILES string of the molecule is CNCCN(C)Cc1cc2cccc(Br)c2o1. The Hall–Kier alpha value is -0.840. The van der Waals surface area contributed by atoms with Crippen LogP contribution in [0.15, 0.2) is 33.2 Å². The van der Waals surface area contributed by atoms with Gasteiger partial charge in [0.1, 0.15) is 11.3 Å². The van der Waals surface area contributed by atoms with Gasteiger partial charge in [0.2, 0.25) is 0 Å². The molecular formula is C13H17BrN2O. The number of hydrogen-bond donors (Lipinski definition) is 1. The standard InChI is InChI=1S/C13H17BrN2O/c1-15-6-7-16(2)9-11-8-10-4-3-5-12(14)13(10)17-11/h3-5,8,15H,6-7,9H2,1-2H3. The Labute approximate surface area is 110 Å². The molecule has 0 atom stereocenters. The van der Waals surface area contributed by atoms with E-state index in [1.807, 2.05) is 19.2 Å². The molecular weight excluding hydrogens is 280 g/mol. The highest BCUT2D eigenvalue weighted by Gasteiger charge is 2.08. The van der Waals surface area contributed by atoms with Crippen molar-refractivity contribution < 1.29 is 4.42 Å². The van der Waals surface area contributed by atoms with Crippen molar-refractivity contribution in [3.8, 4) is 0 Å². The molecule has 0 saturated heterocycles. The fourth-order valence-corrected chi connectivity index (χ4v) is 2.27. The van der Waals surface area contributed by atoms with Gasteiger partial charge in [-0.05, 0) is 42.2 Å². The molecule has 0 aliphatic heterocycles. The summed E-state index contributed by atoms with van der Waals surface area (Å²) in [6.07, 6.45) is 0. The van der Waals surface area contributed by atoms with E-state index in [9.17, 15) is 0 Å². The minimum Gasteiger partial charge on any atom is -0.459 e. The molecule has 0 bridgehead atoms. The Morgan fingerprint density at radius 3 is 2.94 bits per heavy atom. The molecule has 0 amide bonds. The summed E-state index contributed by atoms with van der Waals surface area (Å²) < 4.78 is 6.85. The van der Waals surface area contributed by atoms with Crippen LogP contribution in [-0.2, 0) is 6.54 Å². The van der Waals surface area contributed by atoms with E-state index in [0.717, 1.165) is 40.8 Å². The van der Waals surface area contributed by atoms with Gasteiger partial charge in [-0.15, -0.1) is 0 Å². The number of fused-ring (bicyclic) bond motifs is 1. The van der Waals surface area contributed by atoms with E-state index >= 15 is 0 Å². The summed E-state index contributed by atoms with van der Waals surface area (Å²) in [5.74, 6) is 1.01. The zero-order chi connectivity index (χ0) is 12.3. The number of nitrogens with zero attached hydrogens (tertiary/aromatic N) is 1. The number of likely N-dealkylation sites (N-methyl/N-ethyl adjacent to an activating group) is 2. The average Bonchev–Trinajstić information content (AvgIpc) is 2.70. The molecule has 0 radical (unpaired) electrons. The van der Waals surface area contributed by atoms with Crippen molar-refractivity contribution in [2.24, 2.45) is 0 Å². The molecule has 0 aliphatic rings. The minimum atomic E-state index is 0.836. The second-order valence-electron chi connectivity index (χ2n) is 4.21. The molecule has 92 valence electrons. The lowest BCUT2D eigenvalue weighted by Crippen LogP contribution is -2.26. The number of hydrogen-bond acceptors (Lipinski definition) is 3. The Kier molecular flexibility index (Phi) is 4.20. The lowest BCUT2D eigenvalue weighted by molar-refractivity contribution is 0.300. The molecule has 1 N–H and O–H groups in total. The van der Waals surface area contributed by atoms with Crippen molar-refractivity contribution in [3.63, 3.8) is 0 Å². The first-order valence-corrected chi connectivity index (χ1v) is 6.50. The van der Waals surface area contributed by atoms with Gasteiger partial charge in [-0.1, -0.05) is 12.1 Å². The third-order valence-corrected chi connectivity index (χ3v) is 3.34. The lowest BCUT2D eigenvalue weighted by Gasteiger charge is -2.14. The maximum absolute atomic E-state index is 5.84. The second-order valence-corrected chi connectivity index (χ2v) is 5.07. The van der Waals surface area contributed by atoms with E-state index in [1.54, 1.807) is 0 Å². The first-order chi connectivity index (χ1) is 8.20. The quantitative estimate of drug-likeness (QED) is 0.920. The maximum atomic E-state index is 5.84. The summed E-state index contributed by atoms with van der Waals surface area (Å²) in [6, 6.07) is 8.20. The van der Waals surface area contributed by atoms with Crippen molar-refractivity contribution in [2.75, 3.05) is 27.2 Å². The van der Waals surface area contributed by atoms with E-state index in [2.05, 4.69) is 45.3 Å². The molecule has 1 aromatic heterocycles. The summed E-state index contributed by atoms with van der Waals surface area (Å²) in [6.45, 7) is 2.83. The third kappa shape index (κ3) is 3.09. The zero-order valence-electron chi connectivity index (χ0n) is 10.2. The first-order valence-electron chi connectivity index (χ1n) is 5.71. The van der Waals surface area contributed by atoms with Gasteiger partial charge in [-0.3, -0.25) is 4.90 Å². The number of benzene rings is 1. The lowest BCUT2D eigenvalue weighted by atomic mass is 10.2. The average molecular weight is 297 g/mol. The van der Waals surface area contributed by atoms with Gasteiger partial charge in [-0.2, -0.15) is 0 Å². The second kappa shape index (κ2) is 5.67. The summed E-state index contributed by atoms with van der Waals surface area (Å²) in [4.78, 5) is 2.24. The molecule has 0 saturated carbocycles. The van der Waals surface area contributed by atoms with Crippen LogP contribution in [0.1, 0.15) is 5.76 Å². The summed E-state index contributed by atoms with van der Waals surface area (Å²) in [5, 5.41) is 4.29. The van der Waals surface area contributed by atoms with Crippen LogP contribution in [0, 0.1) is 0 Å². The molecule has 4 heteroatoms. The van der Waals surface area contributed by atoms with E-state index < -0.39 is 0 Å². The molecule has 2 aromatic rings. The molecule has 0 unspecified atom stereocenters. The highest BCUT2D eigenvalue weighted by molar-refractivity contribution is 9.10. The number of nitrogens with one attached hydrogen (secondary N) is 1. The predicted molar refractivity (Wildman–Crippen MR) is 74.2 cm³/mol. The van der Waals surface area contributed by atoms with Crippen LogP contribution >= 0.6 is 15.9 Å². The van der Waals surface area contributed by atoms with E-state index in [-0.39, 0.29) is 0 Å². The van der Waals surface area contributed by atoms with Crippen LogP contribution in [0.5, 0.6) is 0 Å². The van der Waals surface area contributed by atoms with Crippen LogP contribution in [0.2, 0.25) is 0 Å². The van der Waals surface area contributed by atoms with Gasteiger partial charge in [0.25, 0.3) is 0 Å². The molecule has 0 fully saturated rings. The minimum absolute atomic E-state index is 0.836. The molecule has 3 nitrogen and oxygen atoms in total. The van der Waals surface area contributed by atoms with Gasteiger partial charge >= 0.3 is 0 Å². The highest BCUT2D eigenvalue weighted by Crippen LogP contribution is 2.27. The van der Waals surface area contributed by atoms with E-state index in [1.165, 1.54) is 0 Å². The topological polar surface area (TPSA) is 28.4 Å². The summed E-state index contributed by atoms with van der Waals surface area (Å²) >= 11 is 3.50. The Morgan fingerprint density at radius 2 is 2.24 bits per heavy atom. The summed E-state index contributed by atoms with van der Waals surface area (Å²) in [5.41, 5.74) is 0.935. The number of para-hydroxylation sites is 1. The third-order valence-electron chi connectivity index (χ3n) is 2.72. The van der Waals surface area contributed by atoms with E-state index in [4.69, 9.17) is 4.42 Å². The smallest absolute Gasteiger partial charge is 0.148 e. The van der Waals surface area contributed by atoms with Crippen molar-refractivity contribution in [3.05, 3.63) is 34.5 Å². The van der Waals surface area contributed by atoms with Crippen molar-refractivity contribution in [2.45, 2.75) is 6.54 Å². The van der Waals surface area contributed by atoms with Crippen LogP contribution in [0.3, 0.4) is 0 Å². The fraction of sp³-hybridized carbons (Fsp3) is 0.385. The van der Waals surface area contributed by atoms with Gasteiger partial charge < -0.3 is 9.73 Å². The number of rotatable bonds is 5. The van der Waals surface area contributed by atoms with E-state index in [0.29, 0.717) is 0 Å². The van der Waals surface area contributed by atoms with Crippen molar-refractivity contribution >= 4 is 26.9 Å². The fourth-order valence-electron chi connectivity index (χ4n) is 1.81. The largest absolute Gasteiger partial charge is 0.459 e. The van der Waals surface area contributed by atoms with Crippen LogP contribution in [0.4, 0.5) is 0 Å². The van der Waals surface area contributed by atoms with Crippen LogP contribution in [-0.4, -0.2) is 32.1 Å². The van der Waals surface area contributed by atoms with Crippen molar-refractivity contribution in [1.82, 2.24) is 10.2 Å². The Bertz CT molecular complexity index is 495. The number of halogens is 1. The molecule has 17 heavy (non-hydrogen) atoms. The summed E-state index contributed by atoms with van der Waals surface area (Å²) in [7, 11) is 4.06. The van der Waals surface area contributed by atoms with Crippen LogP contribution in [0.25, 0.3) is 11.0 Å². The predicted octanol–water partition coefficient (Wildman–Crippen LogP) is 2.85. The first kappa shape index (κ1) is 12.6. The van der Waals surface area contributed by atoms with Gasteiger partial charge in [-0.25, -0.2) is 0 Å². The molecule has 1 aromatic carbocycles. The molecule has 0 spiro atoms. The highest BCUT2D eigenvalue weighted by atomic mass is 79.9. The Morgan fingerprint density at radius 1 is 1.41 bits per heavy atom.